The molecule has 0 aromatic heterocycles. The Bertz CT molecular complexity index is 892. The van der Waals surface area contributed by atoms with E-state index in [1.165, 1.54) is 16.7 Å². The second kappa shape index (κ2) is 12.7. The molecule has 2 aromatic carbocycles. The van der Waals surface area contributed by atoms with Gasteiger partial charge in [-0.2, -0.15) is 0 Å². The van der Waals surface area contributed by atoms with Gasteiger partial charge in [-0.3, -0.25) is 9.59 Å². The van der Waals surface area contributed by atoms with E-state index in [4.69, 9.17) is 0 Å². The molecule has 2 rings (SSSR count). The molecular formula is C27H38N2O2S. The topological polar surface area (TPSA) is 49.4 Å². The van der Waals surface area contributed by atoms with Crippen molar-refractivity contribution in [2.24, 2.45) is 0 Å². The lowest BCUT2D eigenvalue weighted by Crippen LogP contribution is -2.51. The van der Waals surface area contributed by atoms with Crippen LogP contribution in [0.3, 0.4) is 0 Å². The van der Waals surface area contributed by atoms with Gasteiger partial charge in [-0.25, -0.2) is 0 Å². The second-order valence-corrected chi connectivity index (χ2v) is 9.66. The van der Waals surface area contributed by atoms with E-state index in [1.54, 1.807) is 16.7 Å². The first kappa shape index (κ1) is 26.0. The maximum atomic E-state index is 13.4. The third-order valence-electron chi connectivity index (χ3n) is 5.76. The molecule has 0 aliphatic rings. The molecule has 2 atom stereocenters. The zero-order valence-corrected chi connectivity index (χ0v) is 21.2. The van der Waals surface area contributed by atoms with Crippen molar-refractivity contribution in [2.45, 2.75) is 78.8 Å². The predicted octanol–water partition coefficient (Wildman–Crippen LogP) is 5.57. The SMILES string of the molecule is CC[C@H](C)NC(=O)[C@H](CC)N(Cc1ccccc1C)C(=O)CSCc1cc(C)cc(C)c1. The monoisotopic (exact) mass is 454 g/mol. The van der Waals surface area contributed by atoms with Gasteiger partial charge in [-0.15, -0.1) is 11.8 Å². The molecule has 2 aromatic rings. The molecular weight excluding hydrogens is 416 g/mol. The molecule has 0 aliphatic carbocycles. The molecule has 0 fully saturated rings. The summed E-state index contributed by atoms with van der Waals surface area (Å²) in [6.07, 6.45) is 1.45. The van der Waals surface area contributed by atoms with Crippen LogP contribution in [-0.2, 0) is 21.9 Å². The minimum Gasteiger partial charge on any atom is -0.352 e. The highest BCUT2D eigenvalue weighted by Gasteiger charge is 2.29. The van der Waals surface area contributed by atoms with Gasteiger partial charge >= 0.3 is 0 Å². The molecule has 0 unspecified atom stereocenters. The Hall–Kier alpha value is -2.27. The van der Waals surface area contributed by atoms with Crippen LogP contribution in [0.5, 0.6) is 0 Å². The number of rotatable bonds is 11. The largest absolute Gasteiger partial charge is 0.352 e. The van der Waals surface area contributed by atoms with E-state index >= 15 is 0 Å². The van der Waals surface area contributed by atoms with Crippen molar-refractivity contribution in [1.82, 2.24) is 10.2 Å². The van der Waals surface area contributed by atoms with E-state index < -0.39 is 6.04 Å². The molecule has 2 amide bonds. The highest BCUT2D eigenvalue weighted by atomic mass is 32.2. The van der Waals surface area contributed by atoms with Gasteiger partial charge in [0.2, 0.25) is 11.8 Å². The molecule has 4 nitrogen and oxygen atoms in total. The highest BCUT2D eigenvalue weighted by molar-refractivity contribution is 7.99. The van der Waals surface area contributed by atoms with Crippen LogP contribution in [-0.4, -0.2) is 34.6 Å². The minimum absolute atomic E-state index is 0.00813. The number of amides is 2. The smallest absolute Gasteiger partial charge is 0.243 e. The number of thioether (sulfide) groups is 1. The Balaban J connectivity index is 2.17. The van der Waals surface area contributed by atoms with Crippen molar-refractivity contribution in [1.29, 1.82) is 0 Å². The van der Waals surface area contributed by atoms with E-state index in [2.05, 4.69) is 37.4 Å². The fourth-order valence-electron chi connectivity index (χ4n) is 3.82. The van der Waals surface area contributed by atoms with Crippen LogP contribution in [0.1, 0.15) is 61.4 Å². The van der Waals surface area contributed by atoms with E-state index in [1.807, 2.05) is 52.0 Å². The first-order valence-corrected chi connectivity index (χ1v) is 12.7. The Morgan fingerprint density at radius 3 is 2.25 bits per heavy atom. The van der Waals surface area contributed by atoms with Crippen LogP contribution in [0.4, 0.5) is 0 Å². The molecule has 0 aliphatic heterocycles. The zero-order valence-electron chi connectivity index (χ0n) is 20.4. The number of aryl methyl sites for hydroxylation is 3. The summed E-state index contributed by atoms with van der Waals surface area (Å²) in [5.74, 6) is 1.07. The quantitative estimate of drug-likeness (QED) is 0.483. The van der Waals surface area contributed by atoms with Gasteiger partial charge in [-0.1, -0.05) is 67.4 Å². The summed E-state index contributed by atoms with van der Waals surface area (Å²) in [6, 6.07) is 14.2. The van der Waals surface area contributed by atoms with Crippen LogP contribution in [0.2, 0.25) is 0 Å². The normalized spacial score (nSPS) is 12.8. The summed E-state index contributed by atoms with van der Waals surface area (Å²) in [4.78, 5) is 28.2. The lowest BCUT2D eigenvalue weighted by atomic mass is 10.1. The summed E-state index contributed by atoms with van der Waals surface area (Å²) >= 11 is 1.61. The van der Waals surface area contributed by atoms with Crippen LogP contribution in [0, 0.1) is 20.8 Å². The van der Waals surface area contributed by atoms with E-state index in [0.29, 0.717) is 18.7 Å². The standard InChI is InChI=1S/C27H38N2O2S/c1-7-22(6)28-27(31)25(8-2)29(16-24-12-10-9-11-21(24)5)26(30)18-32-17-23-14-19(3)13-20(4)15-23/h9-15,22,25H,7-8,16-18H2,1-6H3,(H,28,31)/t22-,25-/m0/s1. The average Bonchev–Trinajstić information content (AvgIpc) is 2.74. The van der Waals surface area contributed by atoms with Gasteiger partial charge in [-0.05, 0) is 57.2 Å². The van der Waals surface area contributed by atoms with Crippen molar-refractivity contribution >= 4 is 23.6 Å². The van der Waals surface area contributed by atoms with Gasteiger partial charge in [0.1, 0.15) is 6.04 Å². The third kappa shape index (κ3) is 7.70. The molecule has 174 valence electrons. The second-order valence-electron chi connectivity index (χ2n) is 8.68. The summed E-state index contributed by atoms with van der Waals surface area (Å²) in [7, 11) is 0. The molecule has 0 saturated heterocycles. The van der Waals surface area contributed by atoms with Crippen molar-refractivity contribution in [3.63, 3.8) is 0 Å². The molecule has 0 heterocycles. The van der Waals surface area contributed by atoms with Crippen LogP contribution >= 0.6 is 11.8 Å². The zero-order chi connectivity index (χ0) is 23.7. The Morgan fingerprint density at radius 2 is 1.66 bits per heavy atom. The number of carbonyl (C=O) groups excluding carboxylic acids is 2. The number of benzene rings is 2. The summed E-state index contributed by atoms with van der Waals surface area (Å²) in [6.45, 7) is 12.7. The van der Waals surface area contributed by atoms with Crippen LogP contribution < -0.4 is 5.32 Å². The van der Waals surface area contributed by atoms with Gasteiger partial charge < -0.3 is 10.2 Å². The first-order chi connectivity index (χ1) is 15.2. The Morgan fingerprint density at radius 1 is 1.00 bits per heavy atom. The summed E-state index contributed by atoms with van der Waals surface area (Å²) in [5, 5.41) is 3.07. The number of nitrogens with zero attached hydrogens (tertiary/aromatic N) is 1. The van der Waals surface area contributed by atoms with Crippen molar-refractivity contribution in [3.8, 4) is 0 Å². The molecule has 1 N–H and O–H groups in total. The van der Waals surface area contributed by atoms with Crippen LogP contribution in [0.15, 0.2) is 42.5 Å². The Labute approximate surface area is 198 Å². The molecule has 0 bridgehead atoms. The fraction of sp³-hybridized carbons (Fsp3) is 0.481. The third-order valence-corrected chi connectivity index (χ3v) is 6.75. The first-order valence-electron chi connectivity index (χ1n) is 11.5. The van der Waals surface area contributed by atoms with E-state index in [-0.39, 0.29) is 17.9 Å². The lowest BCUT2D eigenvalue weighted by Gasteiger charge is -2.32. The summed E-state index contributed by atoms with van der Waals surface area (Å²) < 4.78 is 0. The van der Waals surface area contributed by atoms with Gasteiger partial charge in [0.05, 0.1) is 5.75 Å². The van der Waals surface area contributed by atoms with Crippen LogP contribution in [0.25, 0.3) is 0 Å². The maximum Gasteiger partial charge on any atom is 0.243 e. The molecule has 0 spiro atoms. The highest BCUT2D eigenvalue weighted by Crippen LogP contribution is 2.20. The van der Waals surface area contributed by atoms with Crippen molar-refractivity contribution in [2.75, 3.05) is 5.75 Å². The number of carbonyl (C=O) groups is 2. The molecule has 5 heteroatoms. The maximum absolute atomic E-state index is 13.4. The summed E-state index contributed by atoms with van der Waals surface area (Å²) in [5.41, 5.74) is 5.91. The number of hydrogen-bond donors (Lipinski definition) is 1. The van der Waals surface area contributed by atoms with E-state index in [9.17, 15) is 9.59 Å². The molecule has 32 heavy (non-hydrogen) atoms. The van der Waals surface area contributed by atoms with Gasteiger partial charge in [0.15, 0.2) is 0 Å². The Kier molecular flexibility index (Phi) is 10.3. The lowest BCUT2D eigenvalue weighted by molar-refractivity contribution is -0.139. The molecule has 0 saturated carbocycles. The van der Waals surface area contributed by atoms with E-state index in [0.717, 1.165) is 23.3 Å². The number of hydrogen-bond acceptors (Lipinski definition) is 3. The van der Waals surface area contributed by atoms with Crippen molar-refractivity contribution in [3.05, 3.63) is 70.3 Å². The van der Waals surface area contributed by atoms with Gasteiger partial charge in [0.25, 0.3) is 0 Å². The van der Waals surface area contributed by atoms with Crippen molar-refractivity contribution < 1.29 is 9.59 Å². The fourth-order valence-corrected chi connectivity index (χ4v) is 4.67. The van der Waals surface area contributed by atoms with Gasteiger partial charge in [0, 0.05) is 18.3 Å². The average molecular weight is 455 g/mol. The minimum atomic E-state index is -0.474. The number of nitrogens with one attached hydrogen (secondary N) is 1. The predicted molar refractivity (Wildman–Crippen MR) is 136 cm³/mol. The molecule has 0 radical (unpaired) electrons.